The molecule has 1 unspecified atom stereocenters. The third kappa shape index (κ3) is 7.02. The van der Waals surface area contributed by atoms with Gasteiger partial charge in [0.05, 0.1) is 25.7 Å². The molecule has 2 aliphatic heterocycles. The molecule has 0 spiro atoms. The highest BCUT2D eigenvalue weighted by molar-refractivity contribution is 14.1. The van der Waals surface area contributed by atoms with Gasteiger partial charge >= 0.3 is 12.7 Å². The van der Waals surface area contributed by atoms with Crippen LogP contribution in [0.2, 0.25) is 0 Å². The Morgan fingerprint density at radius 1 is 1.23 bits per heavy atom. The quantitative estimate of drug-likeness (QED) is 0.147. The fourth-order valence-corrected chi connectivity index (χ4v) is 6.31. The maximum absolute atomic E-state index is 13.9. The van der Waals surface area contributed by atoms with Crippen molar-refractivity contribution in [3.63, 3.8) is 0 Å². The van der Waals surface area contributed by atoms with Crippen molar-refractivity contribution in [2.45, 2.75) is 79.6 Å². The van der Waals surface area contributed by atoms with E-state index in [9.17, 15) is 19.2 Å². The summed E-state index contributed by atoms with van der Waals surface area (Å²) in [4.78, 5) is 23.0. The van der Waals surface area contributed by atoms with Crippen LogP contribution in [0.5, 0.6) is 0 Å². The van der Waals surface area contributed by atoms with Crippen LogP contribution in [0.1, 0.15) is 44.9 Å². The molecular formula is C18H29FIO8PS. The van der Waals surface area contributed by atoms with Crippen LogP contribution in [-0.4, -0.2) is 70.5 Å². The Balaban J connectivity index is 1.52. The van der Waals surface area contributed by atoms with E-state index in [2.05, 4.69) is 22.6 Å². The number of aliphatic hydroxyl groups is 1. The van der Waals surface area contributed by atoms with E-state index in [4.69, 9.17) is 35.1 Å². The number of carbonyl (C=O) groups is 1. The molecule has 0 aromatic rings. The molecule has 30 heavy (non-hydrogen) atoms. The maximum Gasteiger partial charge on any atom is 0.325 e. The minimum absolute atomic E-state index is 0.0895. The van der Waals surface area contributed by atoms with Crippen molar-refractivity contribution < 1.29 is 42.4 Å². The van der Waals surface area contributed by atoms with Gasteiger partial charge in [-0.3, -0.25) is 9.32 Å². The Morgan fingerprint density at radius 2 is 1.93 bits per heavy atom. The third-order valence-corrected chi connectivity index (χ3v) is 8.00. The predicted octanol–water partition coefficient (Wildman–Crippen LogP) is 2.77. The van der Waals surface area contributed by atoms with Crippen LogP contribution in [0, 0.1) is 5.92 Å². The minimum atomic E-state index is -3.82. The Hall–Kier alpha value is 0.540. The van der Waals surface area contributed by atoms with Gasteiger partial charge in [-0.1, -0.05) is 48.3 Å². The lowest BCUT2D eigenvalue weighted by Crippen LogP contribution is -2.34. The van der Waals surface area contributed by atoms with Crippen LogP contribution in [0.4, 0.5) is 4.39 Å². The SMILES string of the molecule is O=C(O[C@H]1C[C@H](I)O[C@@H]1COP(O)(=S)O[C@H]1[C@@H](F)CO[C@@H]1CO)C1CCCCCC1. The number of halogens is 2. The van der Waals surface area contributed by atoms with E-state index in [1.807, 2.05) is 0 Å². The van der Waals surface area contributed by atoms with Crippen LogP contribution < -0.4 is 0 Å². The Kier molecular flexibility index (Phi) is 9.73. The van der Waals surface area contributed by atoms with Gasteiger partial charge in [0.15, 0.2) is 6.17 Å². The van der Waals surface area contributed by atoms with E-state index in [0.29, 0.717) is 6.42 Å². The molecule has 0 aromatic carbocycles. The monoisotopic (exact) mass is 582 g/mol. The minimum Gasteiger partial charge on any atom is -0.459 e. The Bertz CT molecular complexity index is 623. The molecule has 2 heterocycles. The largest absolute Gasteiger partial charge is 0.459 e. The maximum atomic E-state index is 13.9. The number of hydrogen-bond acceptors (Lipinski definition) is 8. The number of carbonyl (C=O) groups excluding carboxylic acids is 1. The van der Waals surface area contributed by atoms with Gasteiger partial charge in [0.2, 0.25) is 0 Å². The lowest BCUT2D eigenvalue weighted by molar-refractivity contribution is -0.158. The van der Waals surface area contributed by atoms with Crippen molar-refractivity contribution in [2.24, 2.45) is 5.92 Å². The summed E-state index contributed by atoms with van der Waals surface area (Å²) < 4.78 is 41.0. The summed E-state index contributed by atoms with van der Waals surface area (Å²) in [5, 5.41) is 9.24. The van der Waals surface area contributed by atoms with Crippen molar-refractivity contribution in [2.75, 3.05) is 19.8 Å². The molecule has 0 radical (unpaired) electrons. The second-order valence-electron chi connectivity index (χ2n) is 7.89. The first-order valence-corrected chi connectivity index (χ1v) is 14.1. The average Bonchev–Trinajstić information content (AvgIpc) is 3.08. The molecule has 1 aliphatic carbocycles. The molecule has 0 bridgehead atoms. The zero-order valence-corrected chi connectivity index (χ0v) is 20.4. The summed E-state index contributed by atoms with van der Waals surface area (Å²) in [6.45, 7) is -4.66. The van der Waals surface area contributed by atoms with Gasteiger partial charge in [-0.15, -0.1) is 0 Å². The van der Waals surface area contributed by atoms with Crippen LogP contribution >= 0.6 is 29.3 Å². The first-order valence-electron chi connectivity index (χ1n) is 10.3. The highest BCUT2D eigenvalue weighted by Gasteiger charge is 2.43. The molecule has 0 aromatic heterocycles. The predicted molar refractivity (Wildman–Crippen MR) is 117 cm³/mol. The molecule has 3 aliphatic rings. The van der Waals surface area contributed by atoms with E-state index in [1.54, 1.807) is 0 Å². The number of ether oxygens (including phenoxy) is 3. The molecule has 174 valence electrons. The van der Waals surface area contributed by atoms with Crippen LogP contribution in [0.25, 0.3) is 0 Å². The molecule has 2 N–H and O–H groups in total. The lowest BCUT2D eigenvalue weighted by Gasteiger charge is -2.26. The summed E-state index contributed by atoms with van der Waals surface area (Å²) in [5.74, 6) is -0.303. The van der Waals surface area contributed by atoms with Crippen molar-refractivity contribution in [3.05, 3.63) is 0 Å². The third-order valence-electron chi connectivity index (χ3n) is 5.64. The molecular weight excluding hydrogens is 553 g/mol. The summed E-state index contributed by atoms with van der Waals surface area (Å²) in [7, 11) is 0. The smallest absolute Gasteiger partial charge is 0.325 e. The average molecular weight is 582 g/mol. The Morgan fingerprint density at radius 3 is 2.60 bits per heavy atom. The molecule has 8 nitrogen and oxygen atoms in total. The fraction of sp³-hybridized carbons (Fsp3) is 0.944. The van der Waals surface area contributed by atoms with Gasteiger partial charge in [0, 0.05) is 6.42 Å². The van der Waals surface area contributed by atoms with Gasteiger partial charge in [-0.25, -0.2) is 4.39 Å². The van der Waals surface area contributed by atoms with E-state index in [-0.39, 0.29) is 29.2 Å². The standard InChI is InChI=1S/C18H29FIO8PS/c19-12-9-24-14(8-21)17(12)28-29(23,30)25-10-15-13(7-16(20)26-15)27-18(22)11-5-3-1-2-4-6-11/h11-17,21H,1-10H2,(H,23,30)/t12-,13-,14+,15+,16+,17-,29?/m0/s1. The first kappa shape index (κ1) is 25.2. The molecule has 1 saturated carbocycles. The van der Waals surface area contributed by atoms with Gasteiger partial charge < -0.3 is 28.7 Å². The fourth-order valence-electron chi connectivity index (χ4n) is 3.98. The summed E-state index contributed by atoms with van der Waals surface area (Å²) in [5.41, 5.74) is 0. The highest BCUT2D eigenvalue weighted by Crippen LogP contribution is 2.48. The van der Waals surface area contributed by atoms with Crippen molar-refractivity contribution in [1.82, 2.24) is 0 Å². The number of aliphatic hydroxyl groups excluding tert-OH is 1. The van der Waals surface area contributed by atoms with Crippen molar-refractivity contribution >= 4 is 47.1 Å². The molecule has 7 atom stereocenters. The topological polar surface area (TPSA) is 104 Å². The van der Waals surface area contributed by atoms with Crippen molar-refractivity contribution in [1.29, 1.82) is 0 Å². The number of alkyl halides is 2. The summed E-state index contributed by atoms with van der Waals surface area (Å²) in [6, 6.07) is 0. The van der Waals surface area contributed by atoms with Gasteiger partial charge in [-0.2, -0.15) is 0 Å². The molecule has 3 rings (SSSR count). The molecule has 0 amide bonds. The molecule has 12 heteroatoms. The first-order chi connectivity index (χ1) is 14.3. The molecule has 3 fully saturated rings. The van der Waals surface area contributed by atoms with Crippen LogP contribution in [0.3, 0.4) is 0 Å². The normalized spacial score (nSPS) is 37.6. The lowest BCUT2D eigenvalue weighted by atomic mass is 10.0. The van der Waals surface area contributed by atoms with Crippen molar-refractivity contribution in [3.8, 4) is 0 Å². The van der Waals surface area contributed by atoms with E-state index >= 15 is 0 Å². The second-order valence-corrected chi connectivity index (χ2v) is 12.1. The Labute approximate surface area is 194 Å². The zero-order valence-electron chi connectivity index (χ0n) is 16.6. The summed E-state index contributed by atoms with van der Waals surface area (Å²) in [6.07, 6.45) is 1.81. The van der Waals surface area contributed by atoms with Gasteiger partial charge in [0.1, 0.15) is 28.5 Å². The van der Waals surface area contributed by atoms with Gasteiger partial charge in [-0.05, 0) is 24.6 Å². The van der Waals surface area contributed by atoms with Crippen LogP contribution in [0.15, 0.2) is 0 Å². The number of rotatable bonds is 8. The second kappa shape index (κ2) is 11.6. The number of hydrogen-bond donors (Lipinski definition) is 2. The summed E-state index contributed by atoms with van der Waals surface area (Å²) >= 11 is 7.10. The molecule has 2 saturated heterocycles. The van der Waals surface area contributed by atoms with E-state index < -0.39 is 43.9 Å². The van der Waals surface area contributed by atoms with Gasteiger partial charge in [0.25, 0.3) is 0 Å². The van der Waals surface area contributed by atoms with E-state index in [1.165, 1.54) is 0 Å². The zero-order chi connectivity index (χ0) is 21.7. The van der Waals surface area contributed by atoms with Crippen LogP contribution in [-0.2, 0) is 39.9 Å². The van der Waals surface area contributed by atoms with E-state index in [0.717, 1.165) is 38.5 Å². The highest BCUT2D eigenvalue weighted by atomic mass is 127. The number of esters is 1.